The molecule has 2 aromatic heterocycles. The van der Waals surface area contributed by atoms with E-state index in [9.17, 15) is 57.9 Å². The summed E-state index contributed by atoms with van der Waals surface area (Å²) >= 11 is 1.01. The van der Waals surface area contributed by atoms with Crippen molar-refractivity contribution in [3.05, 3.63) is 97.7 Å². The van der Waals surface area contributed by atoms with Crippen molar-refractivity contribution in [3.63, 3.8) is 0 Å². The molecule has 7 atom stereocenters. The SMILES string of the molecule is CC/C=C\C/C=C\C/C=C\C/C=C\C/C=C\C/C=C/C=C/C(=O)SCCNC(=O)CCNC(=O)C(O)C(C)(C)COP(=O)(O)OP(=O)(O)OC[C@H]1O[C@@H](n2cnc3c(N)ncnc32)[C@H](O)[C@@H]1OP(=O)(O)O. The van der Waals surface area contributed by atoms with Crippen LogP contribution in [0.25, 0.3) is 11.2 Å². The minimum atomic E-state index is -5.59. The van der Waals surface area contributed by atoms with Gasteiger partial charge in [-0.3, -0.25) is 32.5 Å². The molecule has 0 aromatic carbocycles. The minimum Gasteiger partial charge on any atom is -0.386 e. The van der Waals surface area contributed by atoms with Crippen LogP contribution in [0, 0.1) is 5.41 Å². The smallest absolute Gasteiger partial charge is 0.386 e. The molecule has 28 heteroatoms. The van der Waals surface area contributed by atoms with E-state index in [2.05, 4.69) is 96.0 Å². The van der Waals surface area contributed by atoms with E-state index in [1.54, 1.807) is 12.2 Å². The fraction of sp³-hybridized carbons (Fsp3) is 0.488. The molecule has 394 valence electrons. The molecular formula is C43H64N7O17P3S. The number of nitrogens with one attached hydrogen (secondary N) is 2. The van der Waals surface area contributed by atoms with Crippen molar-refractivity contribution >= 4 is 69.1 Å². The van der Waals surface area contributed by atoms with Crippen LogP contribution in [0.1, 0.15) is 71.9 Å². The summed E-state index contributed by atoms with van der Waals surface area (Å²) in [6, 6.07) is 0. The fourth-order valence-electron chi connectivity index (χ4n) is 6.05. The number of carbonyl (C=O) groups excluding carboxylic acids is 3. The third-order valence-electron chi connectivity index (χ3n) is 9.66. The number of nitrogens with two attached hydrogens (primary N) is 1. The zero-order valence-electron chi connectivity index (χ0n) is 39.4. The quantitative estimate of drug-likeness (QED) is 0.0154. The molecule has 2 amide bonds. The number of nitrogens with zero attached hydrogens (tertiary/aromatic N) is 4. The fourth-order valence-corrected chi connectivity index (χ4v) is 9.46. The highest BCUT2D eigenvalue weighted by Gasteiger charge is 2.50. The predicted molar refractivity (Wildman–Crippen MR) is 264 cm³/mol. The molecule has 24 nitrogen and oxygen atoms in total. The second kappa shape index (κ2) is 30.7. The number of carbonyl (C=O) groups is 3. The van der Waals surface area contributed by atoms with Crippen LogP contribution in [0.15, 0.2) is 97.7 Å². The Bertz CT molecular complexity index is 2400. The molecule has 3 rings (SSSR count). The largest absolute Gasteiger partial charge is 0.481 e. The van der Waals surface area contributed by atoms with Gasteiger partial charge in [0.2, 0.25) is 16.9 Å². The van der Waals surface area contributed by atoms with Crippen LogP contribution in [0.3, 0.4) is 0 Å². The number of aliphatic hydroxyl groups is 2. The maximum Gasteiger partial charge on any atom is 0.481 e. The van der Waals surface area contributed by atoms with E-state index in [4.69, 9.17) is 19.5 Å². The molecule has 1 fully saturated rings. The number of ether oxygens (including phenoxy) is 1. The number of phosphoric ester groups is 3. The maximum absolute atomic E-state index is 12.7. The molecule has 2 aromatic rings. The van der Waals surface area contributed by atoms with Crippen LogP contribution < -0.4 is 16.4 Å². The highest BCUT2D eigenvalue weighted by Crippen LogP contribution is 2.61. The molecule has 0 bridgehead atoms. The molecular weight excluding hydrogens is 1010 g/mol. The number of nitrogen functional groups attached to an aromatic ring is 1. The van der Waals surface area contributed by atoms with E-state index >= 15 is 0 Å². The molecule has 0 spiro atoms. The summed E-state index contributed by atoms with van der Waals surface area (Å²) in [5.41, 5.74) is 4.26. The van der Waals surface area contributed by atoms with Crippen LogP contribution in [0.5, 0.6) is 0 Å². The number of hydrogen-bond donors (Lipinski definition) is 9. The first-order valence-electron chi connectivity index (χ1n) is 22.2. The number of thioether (sulfide) groups is 1. The first-order valence-corrected chi connectivity index (χ1v) is 27.7. The molecule has 3 unspecified atom stereocenters. The average Bonchev–Trinajstić information content (AvgIpc) is 3.86. The number of fused-ring (bicyclic) bond motifs is 1. The number of aliphatic hydroxyl groups excluding tert-OH is 2. The number of phosphoric acid groups is 3. The molecule has 0 radical (unpaired) electrons. The molecule has 10 N–H and O–H groups in total. The third-order valence-corrected chi connectivity index (χ3v) is 13.6. The van der Waals surface area contributed by atoms with Gasteiger partial charge in [0.25, 0.3) is 0 Å². The highest BCUT2D eigenvalue weighted by atomic mass is 32.2. The molecule has 1 aliphatic heterocycles. The van der Waals surface area contributed by atoms with Gasteiger partial charge in [-0.2, -0.15) is 4.31 Å². The Labute approximate surface area is 415 Å². The summed E-state index contributed by atoms with van der Waals surface area (Å²) in [6.45, 7) is 2.54. The molecule has 3 heterocycles. The molecule has 71 heavy (non-hydrogen) atoms. The molecule has 1 aliphatic rings. The van der Waals surface area contributed by atoms with Crippen molar-refractivity contribution in [2.45, 2.75) is 96.4 Å². The van der Waals surface area contributed by atoms with Crippen molar-refractivity contribution in [1.82, 2.24) is 30.2 Å². The van der Waals surface area contributed by atoms with E-state index in [1.807, 2.05) is 12.2 Å². The van der Waals surface area contributed by atoms with Crippen LogP contribution in [-0.4, -0.2) is 123 Å². The van der Waals surface area contributed by atoms with Gasteiger partial charge in [-0.15, -0.1) is 0 Å². The number of rotatable bonds is 32. The zero-order valence-corrected chi connectivity index (χ0v) is 42.9. The summed E-state index contributed by atoms with van der Waals surface area (Å²) in [5, 5.41) is 26.3. The average molecular weight is 1080 g/mol. The Kier molecular flexibility index (Phi) is 26.4. The van der Waals surface area contributed by atoms with Crippen LogP contribution in [0.2, 0.25) is 0 Å². The first-order chi connectivity index (χ1) is 33.6. The first kappa shape index (κ1) is 61.0. The van der Waals surface area contributed by atoms with Crippen molar-refractivity contribution in [2.75, 3.05) is 37.8 Å². The lowest BCUT2D eigenvalue weighted by Crippen LogP contribution is -2.46. The van der Waals surface area contributed by atoms with Gasteiger partial charge in [0.05, 0.1) is 19.5 Å². The van der Waals surface area contributed by atoms with Crippen molar-refractivity contribution in [1.29, 1.82) is 0 Å². The number of amides is 2. The van der Waals surface area contributed by atoms with E-state index in [0.717, 1.165) is 67.5 Å². The third kappa shape index (κ3) is 23.4. The number of aromatic nitrogens is 4. The van der Waals surface area contributed by atoms with E-state index < -0.39 is 84.6 Å². The Morgan fingerprint density at radius 3 is 2.06 bits per heavy atom. The van der Waals surface area contributed by atoms with Crippen molar-refractivity contribution in [2.24, 2.45) is 5.41 Å². The Balaban J connectivity index is 1.31. The second-order valence-corrected chi connectivity index (χ2v) is 21.3. The molecule has 0 saturated carbocycles. The van der Waals surface area contributed by atoms with Crippen molar-refractivity contribution in [3.8, 4) is 0 Å². The lowest BCUT2D eigenvalue weighted by Gasteiger charge is -2.30. The lowest BCUT2D eigenvalue weighted by atomic mass is 9.87. The molecule has 0 aliphatic carbocycles. The zero-order chi connectivity index (χ0) is 52.5. The number of allylic oxidation sites excluding steroid dienone is 13. The second-order valence-electron chi connectivity index (χ2n) is 16.0. The summed E-state index contributed by atoms with van der Waals surface area (Å²) < 4.78 is 62.4. The van der Waals surface area contributed by atoms with Crippen LogP contribution in [0.4, 0.5) is 5.82 Å². The van der Waals surface area contributed by atoms with Gasteiger partial charge in [0.15, 0.2) is 17.7 Å². The van der Waals surface area contributed by atoms with Gasteiger partial charge in [0, 0.05) is 30.7 Å². The summed E-state index contributed by atoms with van der Waals surface area (Å²) in [7, 11) is -16.4. The van der Waals surface area contributed by atoms with Gasteiger partial charge < -0.3 is 50.9 Å². The number of hydrogen-bond acceptors (Lipinski definition) is 18. The predicted octanol–water partition coefficient (Wildman–Crippen LogP) is 4.92. The monoisotopic (exact) mass is 1080 g/mol. The Morgan fingerprint density at radius 1 is 0.859 bits per heavy atom. The van der Waals surface area contributed by atoms with Crippen LogP contribution in [-0.2, 0) is 50.7 Å². The highest BCUT2D eigenvalue weighted by molar-refractivity contribution is 8.14. The number of anilines is 1. The lowest BCUT2D eigenvalue weighted by molar-refractivity contribution is -0.137. The Hall–Kier alpha value is -4.26. The van der Waals surface area contributed by atoms with Gasteiger partial charge in [-0.25, -0.2) is 28.6 Å². The molecule has 1 saturated heterocycles. The van der Waals surface area contributed by atoms with Gasteiger partial charge in [0.1, 0.15) is 36.3 Å². The normalized spacial score (nSPS) is 20.4. The summed E-state index contributed by atoms with van der Waals surface area (Å²) in [5.74, 6) is -1.19. The van der Waals surface area contributed by atoms with Gasteiger partial charge in [-0.05, 0) is 44.6 Å². The minimum absolute atomic E-state index is 0.0276. The summed E-state index contributed by atoms with van der Waals surface area (Å²) in [4.78, 5) is 88.3. The van der Waals surface area contributed by atoms with E-state index in [1.165, 1.54) is 19.9 Å². The number of imidazole rings is 1. The summed E-state index contributed by atoms with van der Waals surface area (Å²) in [6.07, 6.45) is 26.5. The van der Waals surface area contributed by atoms with Crippen LogP contribution >= 0.6 is 35.2 Å². The Morgan fingerprint density at radius 2 is 1.45 bits per heavy atom. The van der Waals surface area contributed by atoms with E-state index in [-0.39, 0.29) is 41.6 Å². The maximum atomic E-state index is 12.7. The van der Waals surface area contributed by atoms with Crippen molar-refractivity contribution < 1.29 is 80.5 Å². The van der Waals surface area contributed by atoms with Gasteiger partial charge in [-0.1, -0.05) is 112 Å². The standard InChI is InChI=1S/C43H64N7O17P3S/c1-4-5-6-7-8-9-10-11-12-13-14-15-16-17-18-19-20-21-22-23-34(52)71-27-26-45-33(51)24-25-46-41(55)38(54)43(2,3)29-64-70(61,62)67-69(59,60)63-28-32-37(66-68(56,57)58)36(53)42(65-32)50-31-49-35-39(44)47-30-48-40(35)50/h5-6,8-9,11-12,14-15,17-18,20-23,30-32,36-38,42,53-54H,4,7,10,13,16,19,24-29H2,1-3H3,(H,45,51)(H,46,55)(H,59,60)(H,61,62)(H2,44,47,48)(H2,56,57,58)/b6-5-,9-8-,12-11-,15-14-,18-17-,21-20+,23-22+/t32-,36-,37-,38?,42-/m1/s1. The topological polar surface area (TPSA) is 364 Å². The van der Waals surface area contributed by atoms with E-state index in [0.29, 0.717) is 5.75 Å². The van der Waals surface area contributed by atoms with Gasteiger partial charge >= 0.3 is 23.5 Å².